The molecule has 1 saturated heterocycles. The number of hydrogen-bond donors (Lipinski definition) is 2. The minimum atomic E-state index is -0.114. The van der Waals surface area contributed by atoms with Gasteiger partial charge in [-0.05, 0) is 18.2 Å². The summed E-state index contributed by atoms with van der Waals surface area (Å²) in [6.07, 6.45) is 0. The van der Waals surface area contributed by atoms with Crippen molar-refractivity contribution in [1.82, 2.24) is 15.6 Å². The molecule has 1 amide bonds. The standard InChI is InChI=1S/C16H17N3O3S.2ClH/c20-15(18-8-10-6-17-7-10)12-9-23-16(19-12)11-1-2-13-14(5-11)22-4-3-21-13;;/h1-2,5,9-10,17H,3-4,6-8H2,(H,18,20);2*1H. The smallest absolute Gasteiger partial charge is 0.270 e. The molecule has 4 rings (SSSR count). The number of thiazole rings is 1. The maximum atomic E-state index is 12.1. The van der Waals surface area contributed by atoms with Gasteiger partial charge in [-0.15, -0.1) is 36.2 Å². The summed E-state index contributed by atoms with van der Waals surface area (Å²) < 4.78 is 11.1. The number of aromatic nitrogens is 1. The number of benzene rings is 1. The minimum absolute atomic E-state index is 0. The van der Waals surface area contributed by atoms with E-state index in [9.17, 15) is 4.79 Å². The highest BCUT2D eigenvalue weighted by Gasteiger charge is 2.19. The summed E-state index contributed by atoms with van der Waals surface area (Å²) in [6.45, 7) is 3.77. The van der Waals surface area contributed by atoms with Gasteiger partial charge in [-0.25, -0.2) is 4.98 Å². The Bertz CT molecular complexity index is 737. The van der Waals surface area contributed by atoms with Crippen LogP contribution in [0.1, 0.15) is 10.5 Å². The van der Waals surface area contributed by atoms with Crippen LogP contribution in [0.3, 0.4) is 0 Å². The second-order valence-corrected chi connectivity index (χ2v) is 6.49. The number of carbonyl (C=O) groups excluding carboxylic acids is 1. The van der Waals surface area contributed by atoms with Gasteiger partial charge in [0.1, 0.15) is 23.9 Å². The van der Waals surface area contributed by atoms with Gasteiger partial charge in [0.25, 0.3) is 5.91 Å². The van der Waals surface area contributed by atoms with Crippen LogP contribution in [0.25, 0.3) is 10.6 Å². The number of hydrogen-bond acceptors (Lipinski definition) is 6. The molecule has 0 unspecified atom stereocenters. The van der Waals surface area contributed by atoms with Crippen LogP contribution < -0.4 is 20.1 Å². The predicted molar refractivity (Wildman–Crippen MR) is 102 cm³/mol. The molecule has 3 heterocycles. The van der Waals surface area contributed by atoms with Gasteiger partial charge in [0.2, 0.25) is 0 Å². The van der Waals surface area contributed by atoms with Crippen molar-refractivity contribution >= 4 is 42.1 Å². The molecule has 9 heteroatoms. The molecule has 136 valence electrons. The van der Waals surface area contributed by atoms with E-state index in [2.05, 4.69) is 15.6 Å². The zero-order valence-corrected chi connectivity index (χ0v) is 15.8. The Hall–Kier alpha value is -1.54. The summed E-state index contributed by atoms with van der Waals surface area (Å²) in [4.78, 5) is 16.6. The zero-order chi connectivity index (χ0) is 15.6. The lowest BCUT2D eigenvalue weighted by Gasteiger charge is -2.26. The molecule has 0 radical (unpaired) electrons. The van der Waals surface area contributed by atoms with E-state index in [0.717, 1.165) is 35.2 Å². The van der Waals surface area contributed by atoms with Crippen molar-refractivity contribution in [2.75, 3.05) is 32.8 Å². The lowest BCUT2D eigenvalue weighted by atomic mass is 10.0. The Balaban J connectivity index is 0.00000113. The van der Waals surface area contributed by atoms with Gasteiger partial charge in [-0.3, -0.25) is 4.79 Å². The van der Waals surface area contributed by atoms with Crippen LogP contribution >= 0.6 is 36.2 Å². The van der Waals surface area contributed by atoms with Gasteiger partial charge in [-0.1, -0.05) is 0 Å². The van der Waals surface area contributed by atoms with E-state index in [1.807, 2.05) is 18.2 Å². The highest BCUT2D eigenvalue weighted by Crippen LogP contribution is 2.35. The highest BCUT2D eigenvalue weighted by molar-refractivity contribution is 7.13. The SMILES string of the molecule is Cl.Cl.O=C(NCC1CNC1)c1csc(-c2ccc3c(c2)OCCO3)n1. The molecule has 1 aromatic carbocycles. The van der Waals surface area contributed by atoms with E-state index in [-0.39, 0.29) is 30.7 Å². The van der Waals surface area contributed by atoms with Crippen LogP contribution in [0.2, 0.25) is 0 Å². The Morgan fingerprint density at radius 3 is 2.72 bits per heavy atom. The number of rotatable bonds is 4. The topological polar surface area (TPSA) is 72.5 Å². The molecule has 1 aromatic heterocycles. The first-order valence-electron chi connectivity index (χ1n) is 7.64. The van der Waals surface area contributed by atoms with Crippen LogP contribution in [0.5, 0.6) is 11.5 Å². The lowest BCUT2D eigenvalue weighted by molar-refractivity contribution is 0.0938. The number of ether oxygens (including phenoxy) is 2. The Kier molecular flexibility index (Phi) is 6.89. The van der Waals surface area contributed by atoms with E-state index in [0.29, 0.717) is 31.4 Å². The summed E-state index contributed by atoms with van der Waals surface area (Å²) in [5.74, 6) is 1.91. The van der Waals surface area contributed by atoms with Crippen LogP contribution in [-0.2, 0) is 0 Å². The number of halogens is 2. The predicted octanol–water partition coefficient (Wildman–Crippen LogP) is 2.37. The van der Waals surface area contributed by atoms with Gasteiger partial charge in [-0.2, -0.15) is 0 Å². The number of amides is 1. The Morgan fingerprint density at radius 2 is 2.00 bits per heavy atom. The largest absolute Gasteiger partial charge is 0.486 e. The van der Waals surface area contributed by atoms with Crippen molar-refractivity contribution in [2.45, 2.75) is 0 Å². The van der Waals surface area contributed by atoms with E-state index in [1.165, 1.54) is 11.3 Å². The van der Waals surface area contributed by atoms with Gasteiger partial charge in [0.05, 0.1) is 0 Å². The average molecular weight is 404 g/mol. The Morgan fingerprint density at radius 1 is 1.24 bits per heavy atom. The molecule has 0 aliphatic carbocycles. The molecule has 0 saturated carbocycles. The summed E-state index contributed by atoms with van der Waals surface area (Å²) in [7, 11) is 0. The number of nitrogens with one attached hydrogen (secondary N) is 2. The maximum absolute atomic E-state index is 12.1. The van der Waals surface area contributed by atoms with Gasteiger partial charge in [0.15, 0.2) is 11.5 Å². The van der Waals surface area contributed by atoms with Gasteiger partial charge in [0, 0.05) is 36.5 Å². The van der Waals surface area contributed by atoms with Crippen molar-refractivity contribution in [3.8, 4) is 22.1 Å². The molecule has 2 aliphatic rings. The number of carbonyl (C=O) groups is 1. The van der Waals surface area contributed by atoms with Crippen molar-refractivity contribution in [2.24, 2.45) is 5.92 Å². The van der Waals surface area contributed by atoms with Crippen molar-refractivity contribution in [1.29, 1.82) is 0 Å². The third-order valence-corrected chi connectivity index (χ3v) is 4.83. The summed E-state index contributed by atoms with van der Waals surface area (Å²) in [5.41, 5.74) is 1.40. The molecule has 0 spiro atoms. The number of fused-ring (bicyclic) bond motifs is 1. The molecule has 2 aromatic rings. The molecule has 25 heavy (non-hydrogen) atoms. The zero-order valence-electron chi connectivity index (χ0n) is 13.3. The summed E-state index contributed by atoms with van der Waals surface area (Å²) >= 11 is 1.45. The first kappa shape index (κ1) is 19.8. The molecule has 6 nitrogen and oxygen atoms in total. The third kappa shape index (κ3) is 4.36. The summed E-state index contributed by atoms with van der Waals surface area (Å²) in [5, 5.41) is 8.72. The minimum Gasteiger partial charge on any atom is -0.486 e. The molecule has 2 aliphatic heterocycles. The third-order valence-electron chi connectivity index (χ3n) is 3.94. The second kappa shape index (κ2) is 8.71. The molecule has 0 bridgehead atoms. The van der Waals surface area contributed by atoms with Gasteiger partial charge >= 0.3 is 0 Å². The monoisotopic (exact) mass is 403 g/mol. The van der Waals surface area contributed by atoms with E-state index < -0.39 is 0 Å². The van der Waals surface area contributed by atoms with E-state index in [4.69, 9.17) is 9.47 Å². The fraction of sp³-hybridized carbons (Fsp3) is 0.375. The lowest BCUT2D eigenvalue weighted by Crippen LogP contribution is -2.48. The first-order valence-corrected chi connectivity index (χ1v) is 8.52. The highest BCUT2D eigenvalue weighted by atomic mass is 35.5. The maximum Gasteiger partial charge on any atom is 0.270 e. The first-order chi connectivity index (χ1) is 11.3. The summed E-state index contributed by atoms with van der Waals surface area (Å²) in [6, 6.07) is 5.73. The van der Waals surface area contributed by atoms with E-state index >= 15 is 0 Å². The molecule has 0 atom stereocenters. The van der Waals surface area contributed by atoms with Crippen LogP contribution in [0.15, 0.2) is 23.6 Å². The fourth-order valence-corrected chi connectivity index (χ4v) is 3.30. The van der Waals surface area contributed by atoms with Crippen LogP contribution in [0.4, 0.5) is 0 Å². The van der Waals surface area contributed by atoms with Crippen LogP contribution in [0, 0.1) is 5.92 Å². The molecule has 1 fully saturated rings. The normalized spacial score (nSPS) is 15.4. The molecular formula is C16H19Cl2N3O3S. The Labute approximate surface area is 162 Å². The van der Waals surface area contributed by atoms with Crippen LogP contribution in [-0.4, -0.2) is 43.7 Å². The second-order valence-electron chi connectivity index (χ2n) is 5.63. The van der Waals surface area contributed by atoms with E-state index in [1.54, 1.807) is 5.38 Å². The molecular weight excluding hydrogens is 385 g/mol. The number of nitrogens with zero attached hydrogens (tertiary/aromatic N) is 1. The quantitative estimate of drug-likeness (QED) is 0.819. The fourth-order valence-electron chi connectivity index (χ4n) is 2.51. The molecule has 2 N–H and O–H groups in total. The van der Waals surface area contributed by atoms with Crippen molar-refractivity contribution < 1.29 is 14.3 Å². The van der Waals surface area contributed by atoms with Crippen molar-refractivity contribution in [3.63, 3.8) is 0 Å². The van der Waals surface area contributed by atoms with Crippen molar-refractivity contribution in [3.05, 3.63) is 29.3 Å². The average Bonchev–Trinajstić information content (AvgIpc) is 3.03. The van der Waals surface area contributed by atoms with Gasteiger partial charge < -0.3 is 20.1 Å².